The number of para-hydroxylation sites is 1. The van der Waals surface area contributed by atoms with Gasteiger partial charge < -0.3 is 20.3 Å². The summed E-state index contributed by atoms with van der Waals surface area (Å²) in [6.45, 7) is 0. The van der Waals surface area contributed by atoms with Gasteiger partial charge in [-0.25, -0.2) is 0 Å². The minimum Gasteiger partial charge on any atom is -0.424 e. The van der Waals surface area contributed by atoms with Crippen molar-refractivity contribution in [2.24, 2.45) is 0 Å². The summed E-state index contributed by atoms with van der Waals surface area (Å²) in [6.07, 6.45) is 0. The molecule has 0 bridgehead atoms. The zero-order chi connectivity index (χ0) is 22.6. The highest BCUT2D eigenvalue weighted by atomic mass is 79.9. The molecule has 5 aromatic rings. The molecule has 0 saturated carbocycles. The van der Waals surface area contributed by atoms with Crippen LogP contribution < -0.4 is 15.8 Å². The molecule has 162 valence electrons. The normalized spacial score (nSPS) is 10.7. The molecule has 2 heterocycles. The fraction of sp³-hybridized carbons (Fsp3) is 0. The van der Waals surface area contributed by atoms with E-state index in [4.69, 9.17) is 15.0 Å². The molecule has 0 unspecified atom stereocenters. The molecule has 0 aliphatic rings. The van der Waals surface area contributed by atoms with Gasteiger partial charge in [0.05, 0.1) is 0 Å². The maximum Gasteiger partial charge on any atom is 0.328 e. The number of hydrogen-bond donors (Lipinski definition) is 2. The second-order valence-corrected chi connectivity index (χ2v) is 7.77. The Balaban J connectivity index is 1.31. The highest BCUT2D eigenvalue weighted by Crippen LogP contribution is 2.27. The summed E-state index contributed by atoms with van der Waals surface area (Å²) in [6, 6.07) is 24.4. The molecule has 0 atom stereocenters. The average molecular weight is 502 g/mol. The van der Waals surface area contributed by atoms with Crippen LogP contribution >= 0.6 is 15.9 Å². The highest BCUT2D eigenvalue weighted by Gasteiger charge is 2.12. The third-order valence-corrected chi connectivity index (χ3v) is 4.97. The van der Waals surface area contributed by atoms with Crippen LogP contribution in [0.5, 0.6) is 11.8 Å². The van der Waals surface area contributed by atoms with Crippen LogP contribution in [0.4, 0.5) is 17.6 Å². The van der Waals surface area contributed by atoms with E-state index in [-0.39, 0.29) is 17.9 Å². The second kappa shape index (κ2) is 9.05. The Morgan fingerprint density at radius 2 is 1.64 bits per heavy atom. The van der Waals surface area contributed by atoms with Crippen molar-refractivity contribution in [3.05, 3.63) is 83.3 Å². The van der Waals surface area contributed by atoms with Crippen LogP contribution in [0.2, 0.25) is 0 Å². The third-order valence-electron chi connectivity index (χ3n) is 4.48. The third kappa shape index (κ3) is 4.96. The number of nitrogens with one attached hydrogen (secondary N) is 1. The maximum atomic E-state index is 5.81. The number of halogens is 1. The Kier molecular flexibility index (Phi) is 5.64. The van der Waals surface area contributed by atoms with Crippen LogP contribution in [-0.2, 0) is 0 Å². The van der Waals surface area contributed by atoms with Crippen molar-refractivity contribution in [3.8, 4) is 34.6 Å². The lowest BCUT2D eigenvalue weighted by molar-refractivity contribution is 0.432. The lowest BCUT2D eigenvalue weighted by atomic mass is 10.2. The van der Waals surface area contributed by atoms with E-state index < -0.39 is 0 Å². The Bertz CT molecular complexity index is 1390. The predicted molar refractivity (Wildman–Crippen MR) is 127 cm³/mol. The molecule has 0 saturated heterocycles. The van der Waals surface area contributed by atoms with Crippen LogP contribution in [0.25, 0.3) is 22.8 Å². The smallest absolute Gasteiger partial charge is 0.328 e. The van der Waals surface area contributed by atoms with Gasteiger partial charge in [-0.3, -0.25) is 0 Å². The molecule has 9 nitrogen and oxygen atoms in total. The molecule has 3 aromatic carbocycles. The first-order valence-corrected chi connectivity index (χ1v) is 10.6. The SMILES string of the molecule is Nc1nc(Nc2ccccc2)nc(Oc2ccc(-c3noc(-c4cccc(Br)c4)n3)cc2)n1. The van der Waals surface area contributed by atoms with Gasteiger partial charge in [0.2, 0.25) is 17.7 Å². The van der Waals surface area contributed by atoms with Crippen molar-refractivity contribution in [1.82, 2.24) is 25.1 Å². The molecule has 3 N–H and O–H groups in total. The maximum absolute atomic E-state index is 5.81. The van der Waals surface area contributed by atoms with Gasteiger partial charge in [-0.1, -0.05) is 45.4 Å². The van der Waals surface area contributed by atoms with Gasteiger partial charge in [0, 0.05) is 21.3 Å². The molecule has 0 amide bonds. The summed E-state index contributed by atoms with van der Waals surface area (Å²) in [7, 11) is 0. The zero-order valence-corrected chi connectivity index (χ0v) is 18.6. The van der Waals surface area contributed by atoms with Crippen LogP contribution in [-0.4, -0.2) is 25.1 Å². The van der Waals surface area contributed by atoms with Crippen molar-refractivity contribution >= 4 is 33.5 Å². The van der Waals surface area contributed by atoms with Crippen LogP contribution in [0.15, 0.2) is 87.9 Å². The average Bonchev–Trinajstić information content (AvgIpc) is 3.30. The molecular weight excluding hydrogens is 486 g/mol. The van der Waals surface area contributed by atoms with Gasteiger partial charge in [0.15, 0.2) is 0 Å². The van der Waals surface area contributed by atoms with Gasteiger partial charge in [-0.2, -0.15) is 19.9 Å². The Morgan fingerprint density at radius 1 is 0.818 bits per heavy atom. The summed E-state index contributed by atoms with van der Waals surface area (Å²) in [5.74, 6) is 1.75. The van der Waals surface area contributed by atoms with Crippen molar-refractivity contribution < 1.29 is 9.26 Å². The summed E-state index contributed by atoms with van der Waals surface area (Å²) < 4.78 is 12.1. The number of ether oxygens (including phenoxy) is 1. The van der Waals surface area contributed by atoms with E-state index in [0.717, 1.165) is 21.3 Å². The van der Waals surface area contributed by atoms with Gasteiger partial charge in [-0.15, -0.1) is 0 Å². The van der Waals surface area contributed by atoms with Crippen LogP contribution in [0.3, 0.4) is 0 Å². The summed E-state index contributed by atoms with van der Waals surface area (Å²) in [4.78, 5) is 16.9. The zero-order valence-electron chi connectivity index (χ0n) is 17.0. The molecule has 0 radical (unpaired) electrons. The number of rotatable bonds is 6. The molecule has 5 rings (SSSR count). The summed E-state index contributed by atoms with van der Waals surface area (Å²) >= 11 is 3.44. The first-order chi connectivity index (χ1) is 16.1. The monoisotopic (exact) mass is 501 g/mol. The van der Waals surface area contributed by atoms with Crippen LogP contribution in [0, 0.1) is 0 Å². The summed E-state index contributed by atoms with van der Waals surface area (Å²) in [5.41, 5.74) is 8.24. The quantitative estimate of drug-likeness (QED) is 0.311. The topological polar surface area (TPSA) is 125 Å². The molecular formula is C23H16BrN7O2. The van der Waals surface area contributed by atoms with Crippen LogP contribution in [0.1, 0.15) is 0 Å². The van der Waals surface area contributed by atoms with E-state index in [9.17, 15) is 0 Å². The van der Waals surface area contributed by atoms with E-state index >= 15 is 0 Å². The van der Waals surface area contributed by atoms with Gasteiger partial charge in [0.25, 0.3) is 5.89 Å². The van der Waals surface area contributed by atoms with E-state index in [0.29, 0.717) is 17.5 Å². The van der Waals surface area contributed by atoms with E-state index in [1.807, 2.05) is 66.7 Å². The highest BCUT2D eigenvalue weighted by molar-refractivity contribution is 9.10. The minimum absolute atomic E-state index is 0.0435. The first-order valence-electron chi connectivity index (χ1n) is 9.84. The number of aromatic nitrogens is 5. The molecule has 0 aliphatic carbocycles. The number of hydrogen-bond acceptors (Lipinski definition) is 9. The number of nitrogen functional groups attached to an aromatic ring is 1. The summed E-state index contributed by atoms with van der Waals surface area (Å²) in [5, 5.41) is 7.14. The lowest BCUT2D eigenvalue weighted by Gasteiger charge is -2.08. The fourth-order valence-electron chi connectivity index (χ4n) is 2.98. The Morgan fingerprint density at radius 3 is 2.42 bits per heavy atom. The lowest BCUT2D eigenvalue weighted by Crippen LogP contribution is -2.05. The van der Waals surface area contributed by atoms with Crippen molar-refractivity contribution in [3.63, 3.8) is 0 Å². The minimum atomic E-state index is 0.0435. The number of benzene rings is 3. The Hall–Kier alpha value is -4.31. The largest absolute Gasteiger partial charge is 0.424 e. The molecule has 0 fully saturated rings. The van der Waals surface area contributed by atoms with Gasteiger partial charge >= 0.3 is 6.01 Å². The Labute approximate surface area is 196 Å². The predicted octanol–water partition coefficient (Wildman–Crippen LogP) is 5.47. The van der Waals surface area contributed by atoms with Crippen molar-refractivity contribution in [2.75, 3.05) is 11.1 Å². The molecule has 33 heavy (non-hydrogen) atoms. The van der Waals surface area contributed by atoms with Gasteiger partial charge in [-0.05, 0) is 54.6 Å². The molecule has 10 heteroatoms. The standard InChI is InChI=1S/C23H16BrN7O2/c24-16-6-4-5-15(13-16)20-27-19(31-33-20)14-9-11-18(12-10-14)32-23-29-21(25)28-22(30-23)26-17-7-2-1-3-8-17/h1-13H,(H3,25,26,28,29,30). The van der Waals surface area contributed by atoms with Crippen molar-refractivity contribution in [2.45, 2.75) is 0 Å². The number of nitrogens with two attached hydrogens (primary N) is 1. The van der Waals surface area contributed by atoms with Gasteiger partial charge in [0.1, 0.15) is 5.75 Å². The second-order valence-electron chi connectivity index (χ2n) is 6.85. The van der Waals surface area contributed by atoms with E-state index in [2.05, 4.69) is 46.3 Å². The molecule has 0 aliphatic heterocycles. The fourth-order valence-corrected chi connectivity index (χ4v) is 3.38. The molecule has 2 aromatic heterocycles. The first kappa shape index (κ1) is 20.6. The number of nitrogens with zero attached hydrogens (tertiary/aromatic N) is 5. The van der Waals surface area contributed by atoms with E-state index in [1.54, 1.807) is 12.1 Å². The molecule has 0 spiro atoms. The number of anilines is 3. The van der Waals surface area contributed by atoms with E-state index in [1.165, 1.54) is 0 Å². The van der Waals surface area contributed by atoms with Crippen molar-refractivity contribution in [1.29, 1.82) is 0 Å².